The number of hydrogen-bond donors (Lipinski definition) is 5. The molecule has 94 heavy (non-hydrogen) atoms. The first kappa shape index (κ1) is 77.4. The third kappa shape index (κ3) is 23.5. The van der Waals surface area contributed by atoms with Crippen LogP contribution in [0.3, 0.4) is 0 Å². The van der Waals surface area contributed by atoms with Gasteiger partial charge in [0.05, 0.1) is 40.5 Å². The molecule has 2 aliphatic rings. The lowest BCUT2D eigenvalue weighted by Crippen LogP contribution is -2.47. The van der Waals surface area contributed by atoms with Crippen molar-refractivity contribution in [3.8, 4) is 11.5 Å². The van der Waals surface area contributed by atoms with Crippen molar-refractivity contribution in [1.82, 2.24) is 25.8 Å². The van der Waals surface area contributed by atoms with Crippen LogP contribution in [-0.4, -0.2) is 140 Å². The monoisotopic (exact) mass is 1310 g/mol. The second-order valence-electron chi connectivity index (χ2n) is 25.2. The van der Waals surface area contributed by atoms with Crippen LogP contribution in [0.5, 0.6) is 11.5 Å². The van der Waals surface area contributed by atoms with Crippen LogP contribution in [0.2, 0.25) is 0 Å². The minimum atomic E-state index is -5.08. The molecule has 5 amide bonds. The summed E-state index contributed by atoms with van der Waals surface area (Å²) >= 11 is 0. The van der Waals surface area contributed by atoms with E-state index in [1.54, 1.807) is 52.0 Å². The number of nitrogens with two attached hydrogens (primary N) is 1. The van der Waals surface area contributed by atoms with Crippen molar-refractivity contribution < 1.29 is 80.3 Å². The molecule has 0 aliphatic carbocycles. The fourth-order valence-corrected chi connectivity index (χ4v) is 10.9. The summed E-state index contributed by atoms with van der Waals surface area (Å²) in [5.41, 5.74) is 6.73. The molecule has 0 bridgehead atoms. The molecule has 0 radical (unpaired) electrons. The molecule has 0 fully saturated rings. The Labute approximate surface area is 548 Å². The van der Waals surface area contributed by atoms with Crippen LogP contribution < -0.4 is 31.2 Å². The van der Waals surface area contributed by atoms with Gasteiger partial charge in [0.15, 0.2) is 28.6 Å². The number of nitrogens with one attached hydrogen (secondary N) is 3. The molecular formula is C69H93F3N8O14. The lowest BCUT2D eigenvalue weighted by atomic mass is 9.82. The number of carboxylic acids is 1. The van der Waals surface area contributed by atoms with Gasteiger partial charge in [-0.05, 0) is 142 Å². The number of guanidine groups is 2. The number of methoxy groups -OCH3 is 4. The summed E-state index contributed by atoms with van der Waals surface area (Å²) in [5, 5.41) is 15.2. The second-order valence-corrected chi connectivity index (χ2v) is 25.2. The van der Waals surface area contributed by atoms with Crippen LogP contribution in [0.1, 0.15) is 136 Å². The highest BCUT2D eigenvalue weighted by atomic mass is 19.4. The molecule has 2 aliphatic heterocycles. The maximum absolute atomic E-state index is 14.2. The third-order valence-electron chi connectivity index (χ3n) is 15.3. The average molecular weight is 1320 g/mol. The van der Waals surface area contributed by atoms with Gasteiger partial charge in [-0.3, -0.25) is 34.3 Å². The highest BCUT2D eigenvalue weighted by Gasteiger charge is 2.51. The molecule has 4 aromatic carbocycles. The van der Waals surface area contributed by atoms with Crippen molar-refractivity contribution in [3.63, 3.8) is 0 Å². The smallest absolute Gasteiger partial charge is 0.490 e. The minimum Gasteiger partial charge on any atom is -0.497 e. The Hall–Kier alpha value is -9.03. The molecule has 0 unspecified atom stereocenters. The number of amides is 5. The number of ether oxygens (including phenoxy) is 5. The first-order valence-corrected chi connectivity index (χ1v) is 31.2. The summed E-state index contributed by atoms with van der Waals surface area (Å²) in [7, 11) is 5.70. The van der Waals surface area contributed by atoms with Gasteiger partial charge in [0.1, 0.15) is 17.1 Å². The quantitative estimate of drug-likeness (QED) is 0.0330. The predicted octanol–water partition coefficient (Wildman–Crippen LogP) is 11.1. The van der Waals surface area contributed by atoms with E-state index in [4.69, 9.17) is 49.3 Å². The number of halogens is 3. The zero-order valence-electron chi connectivity index (χ0n) is 56.1. The minimum absolute atomic E-state index is 0.0377. The number of rotatable bonds is 28. The van der Waals surface area contributed by atoms with Gasteiger partial charge >= 0.3 is 30.4 Å². The van der Waals surface area contributed by atoms with Gasteiger partial charge in [0, 0.05) is 25.9 Å². The number of carbonyl (C=O) groups is 8. The molecule has 22 nitrogen and oxygen atoms in total. The Kier molecular flexibility index (Phi) is 29.5. The SMILES string of the molecule is COC(=O)N[C@@H](Cc1ccc(OC)cc1)C(=O)C[C@@H](C)CCCN1C(=O)[C@@](CC(C)C)(c2ccccc2)N=C1N.COC(=O)N[C@@H](Cc1ccc(OC)cc1)C(=O)C[C@@H](C)CCCN1C(=O)[C@@](CC(C)C)(c2ccccc2)N=C1NC(=O)OC(C)(C)C.O=C(O)C(F)(F)F. The molecule has 6 rings (SSSR count). The van der Waals surface area contributed by atoms with Crippen LogP contribution in [0, 0.1) is 23.7 Å². The molecule has 2 heterocycles. The first-order chi connectivity index (χ1) is 44.2. The highest BCUT2D eigenvalue weighted by Crippen LogP contribution is 2.41. The molecule has 25 heteroatoms. The van der Waals surface area contributed by atoms with Gasteiger partial charge in [-0.1, -0.05) is 126 Å². The van der Waals surface area contributed by atoms with Crippen molar-refractivity contribution in [2.45, 2.75) is 161 Å². The van der Waals surface area contributed by atoms with E-state index in [1.165, 1.54) is 19.1 Å². The molecular weight excluding hydrogens is 1220 g/mol. The summed E-state index contributed by atoms with van der Waals surface area (Å²) in [6, 6.07) is 32.2. The van der Waals surface area contributed by atoms with Crippen LogP contribution in [0.4, 0.5) is 27.6 Å². The number of carbonyl (C=O) groups excluding carboxylic acids is 7. The van der Waals surface area contributed by atoms with Crippen LogP contribution in [0.25, 0.3) is 0 Å². The highest BCUT2D eigenvalue weighted by molar-refractivity contribution is 6.11. The van der Waals surface area contributed by atoms with E-state index >= 15 is 0 Å². The average Bonchev–Trinajstić information content (AvgIpc) is 1.60. The van der Waals surface area contributed by atoms with Crippen LogP contribution in [0.15, 0.2) is 119 Å². The van der Waals surface area contributed by atoms with E-state index < -0.39 is 59.2 Å². The number of alkyl carbamates (subject to hydrolysis) is 3. The number of nitrogens with zero attached hydrogens (tertiary/aromatic N) is 4. The van der Waals surface area contributed by atoms with Gasteiger partial charge in [-0.15, -0.1) is 0 Å². The zero-order chi connectivity index (χ0) is 70.1. The largest absolute Gasteiger partial charge is 0.497 e. The lowest BCUT2D eigenvalue weighted by molar-refractivity contribution is -0.192. The van der Waals surface area contributed by atoms with Crippen molar-refractivity contribution in [1.29, 1.82) is 0 Å². The second kappa shape index (κ2) is 35.9. The Morgan fingerprint density at radius 1 is 0.574 bits per heavy atom. The van der Waals surface area contributed by atoms with E-state index in [1.807, 2.05) is 125 Å². The summed E-state index contributed by atoms with van der Waals surface area (Å²) in [5.74, 6) is -1.09. The third-order valence-corrected chi connectivity index (χ3v) is 15.3. The topological polar surface area (TPSA) is 296 Å². The number of Topliss-reactive ketones (excluding diaryl/α,β-unsaturated/α-hetero) is 2. The number of aliphatic carboxylic acids is 1. The molecule has 0 saturated heterocycles. The molecule has 6 N–H and O–H groups in total. The molecule has 514 valence electrons. The number of aliphatic imine (C=N–C) groups is 2. The van der Waals surface area contributed by atoms with Gasteiger partial charge in [0.25, 0.3) is 11.8 Å². The van der Waals surface area contributed by atoms with Crippen molar-refractivity contribution in [2.24, 2.45) is 39.4 Å². The molecule has 0 saturated carbocycles. The number of hydrogen-bond acceptors (Lipinski definition) is 16. The maximum atomic E-state index is 14.2. The maximum Gasteiger partial charge on any atom is 0.490 e. The fourth-order valence-electron chi connectivity index (χ4n) is 10.9. The number of carboxylic acid groups (broad SMARTS) is 1. The summed E-state index contributed by atoms with van der Waals surface area (Å²) in [6.45, 7) is 18.2. The van der Waals surface area contributed by atoms with Gasteiger partial charge in [-0.2, -0.15) is 13.2 Å². The molecule has 0 spiro atoms. The van der Waals surface area contributed by atoms with Crippen LogP contribution >= 0.6 is 0 Å². The summed E-state index contributed by atoms with van der Waals surface area (Å²) in [6.07, 6.45) is -2.38. The standard InChI is InChI=1S/C36H50N4O7.C31H42N4O5.C2HF3O2/c1-24(2)23-36(27-14-10-9-11-15-27)31(42)40(32(39-36)38-34(44)47-35(4,5)6)20-12-13-25(3)21-30(41)29(37-33(43)46-8)22-26-16-18-28(45-7)19-17-26;1-21(2)20-31(24-11-7-6-8-12-24)28(37)35(29(32)34-31)17-9-10-22(3)18-27(36)26(33-30(38)40-5)19-23-13-15-25(39-4)16-14-23;3-2(4,5)1(6)7/h9-11,14-19,24-25,29H,12-13,20-23H2,1-8H3,(H,37,43)(H,38,39,44);6-8,11-16,21-22,26H,9-10,17-20H2,1-5H3,(H2,32,34)(H,33,38);(H,6,7)/t25-,29-,36+;22-,26-,31+;/m00./s1. The van der Waals surface area contributed by atoms with Gasteiger partial charge in [-0.25, -0.2) is 29.2 Å². The summed E-state index contributed by atoms with van der Waals surface area (Å²) in [4.78, 5) is 113. The van der Waals surface area contributed by atoms with Gasteiger partial charge in [0.2, 0.25) is 5.96 Å². The normalized spacial score (nSPS) is 17.4. The van der Waals surface area contributed by atoms with E-state index in [9.17, 15) is 46.7 Å². The molecule has 4 aromatic rings. The van der Waals surface area contributed by atoms with E-state index in [0.29, 0.717) is 69.4 Å². The van der Waals surface area contributed by atoms with Crippen LogP contribution in [-0.2, 0) is 62.1 Å². The Bertz CT molecular complexity index is 3220. The number of alkyl halides is 3. The van der Waals surface area contributed by atoms with E-state index in [0.717, 1.165) is 22.3 Å². The van der Waals surface area contributed by atoms with Crippen molar-refractivity contribution >= 4 is 59.5 Å². The van der Waals surface area contributed by atoms with E-state index in [2.05, 4.69) is 29.8 Å². The number of benzene rings is 4. The lowest BCUT2D eigenvalue weighted by Gasteiger charge is -2.28. The number of ketones is 2. The Morgan fingerprint density at radius 2 is 0.947 bits per heavy atom. The zero-order valence-corrected chi connectivity index (χ0v) is 56.1. The predicted molar refractivity (Wildman–Crippen MR) is 349 cm³/mol. The van der Waals surface area contributed by atoms with Crippen molar-refractivity contribution in [2.75, 3.05) is 41.5 Å². The van der Waals surface area contributed by atoms with Gasteiger partial charge < -0.3 is 45.2 Å². The Morgan fingerprint density at radius 3 is 1.30 bits per heavy atom. The molecule has 0 aromatic heterocycles. The fraction of sp³-hybridized carbons (Fsp3) is 0.507. The van der Waals surface area contributed by atoms with Crippen molar-refractivity contribution in [3.05, 3.63) is 131 Å². The molecule has 6 atom stereocenters. The Balaban J connectivity index is 0.000000367. The summed E-state index contributed by atoms with van der Waals surface area (Å²) < 4.78 is 57.1. The van der Waals surface area contributed by atoms with E-state index in [-0.39, 0.29) is 78.4 Å². The first-order valence-electron chi connectivity index (χ1n) is 31.2.